The second-order valence-corrected chi connectivity index (χ2v) is 5.43. The molecule has 2 atom stereocenters. The van der Waals surface area contributed by atoms with Gasteiger partial charge in [-0.25, -0.2) is 0 Å². The fraction of sp³-hybridized carbons (Fsp3) is 0.462. The van der Waals surface area contributed by atoms with E-state index >= 15 is 0 Å². The fourth-order valence-electron chi connectivity index (χ4n) is 2.20. The molecule has 1 aromatic carbocycles. The maximum atomic E-state index is 11.9. The molecule has 1 amide bonds. The number of hydrogen-bond donors (Lipinski definition) is 2. The summed E-state index contributed by atoms with van der Waals surface area (Å²) in [5, 5.41) is 6.28. The Bertz CT molecular complexity index is 433. The van der Waals surface area contributed by atoms with E-state index in [0.717, 1.165) is 28.6 Å². The monoisotopic (exact) mass is 296 g/mol. The van der Waals surface area contributed by atoms with Crippen LogP contribution in [-0.2, 0) is 4.79 Å². The Morgan fingerprint density at radius 3 is 3.00 bits per heavy atom. The van der Waals surface area contributed by atoms with E-state index in [9.17, 15) is 4.79 Å². The van der Waals surface area contributed by atoms with Crippen molar-refractivity contribution in [2.45, 2.75) is 38.8 Å². The number of carbonyl (C=O) groups excluding carboxylic acids is 1. The number of nitrogens with one attached hydrogen (secondary N) is 2. The summed E-state index contributed by atoms with van der Waals surface area (Å²) in [7, 11) is 0. The molecule has 0 aromatic heterocycles. The lowest BCUT2D eigenvalue weighted by atomic mass is 10.1. The zero-order valence-corrected chi connectivity index (χ0v) is 11.7. The van der Waals surface area contributed by atoms with Crippen LogP contribution in [0.1, 0.15) is 38.3 Å². The number of benzene rings is 1. The molecule has 0 bridgehead atoms. The number of hydrogen-bond acceptors (Lipinski definition) is 2. The second kappa shape index (κ2) is 5.19. The molecule has 0 spiro atoms. The van der Waals surface area contributed by atoms with Gasteiger partial charge in [0.15, 0.2) is 0 Å². The number of anilines is 1. The molecule has 4 heteroatoms. The SMILES string of the molecule is CCCC(C)NC1C(=O)Nc2ccc(Br)cc21. The van der Waals surface area contributed by atoms with Crippen LogP contribution in [0.25, 0.3) is 0 Å². The van der Waals surface area contributed by atoms with Gasteiger partial charge in [0.1, 0.15) is 6.04 Å². The highest BCUT2D eigenvalue weighted by Crippen LogP contribution is 2.33. The third-order valence-corrected chi connectivity index (χ3v) is 3.51. The molecule has 2 unspecified atom stereocenters. The molecule has 1 aromatic rings. The van der Waals surface area contributed by atoms with E-state index in [1.54, 1.807) is 0 Å². The van der Waals surface area contributed by atoms with E-state index in [0.29, 0.717) is 6.04 Å². The van der Waals surface area contributed by atoms with Crippen LogP contribution in [0.15, 0.2) is 22.7 Å². The molecule has 0 aliphatic carbocycles. The Labute approximate surface area is 110 Å². The Hall–Kier alpha value is -0.870. The lowest BCUT2D eigenvalue weighted by molar-refractivity contribution is -0.117. The summed E-state index contributed by atoms with van der Waals surface area (Å²) in [6, 6.07) is 6.01. The first-order chi connectivity index (χ1) is 8.11. The van der Waals surface area contributed by atoms with E-state index in [4.69, 9.17) is 0 Å². The van der Waals surface area contributed by atoms with Gasteiger partial charge in [-0.05, 0) is 31.5 Å². The van der Waals surface area contributed by atoms with Crippen molar-refractivity contribution in [3.63, 3.8) is 0 Å². The zero-order chi connectivity index (χ0) is 12.4. The van der Waals surface area contributed by atoms with Gasteiger partial charge >= 0.3 is 0 Å². The quantitative estimate of drug-likeness (QED) is 0.896. The Balaban J connectivity index is 2.19. The van der Waals surface area contributed by atoms with Crippen molar-refractivity contribution in [2.24, 2.45) is 0 Å². The van der Waals surface area contributed by atoms with Crippen LogP contribution in [-0.4, -0.2) is 11.9 Å². The van der Waals surface area contributed by atoms with Crippen molar-refractivity contribution in [1.29, 1.82) is 0 Å². The first kappa shape index (κ1) is 12.6. The number of fused-ring (bicyclic) bond motifs is 1. The van der Waals surface area contributed by atoms with Crippen molar-refractivity contribution in [3.8, 4) is 0 Å². The third kappa shape index (κ3) is 2.69. The van der Waals surface area contributed by atoms with Gasteiger partial charge in [-0.15, -0.1) is 0 Å². The summed E-state index contributed by atoms with van der Waals surface area (Å²) in [6.45, 7) is 4.27. The van der Waals surface area contributed by atoms with Crippen LogP contribution < -0.4 is 10.6 Å². The predicted octanol–water partition coefficient (Wildman–Crippen LogP) is 3.22. The van der Waals surface area contributed by atoms with E-state index in [2.05, 4.69) is 40.4 Å². The normalized spacial score (nSPS) is 19.9. The van der Waals surface area contributed by atoms with Crippen LogP contribution >= 0.6 is 15.9 Å². The number of halogens is 1. The fourth-order valence-corrected chi connectivity index (χ4v) is 2.58. The lowest BCUT2D eigenvalue weighted by Gasteiger charge is -2.17. The van der Waals surface area contributed by atoms with Crippen LogP contribution in [0, 0.1) is 0 Å². The summed E-state index contributed by atoms with van der Waals surface area (Å²) in [5.41, 5.74) is 1.95. The minimum absolute atomic E-state index is 0.0426. The standard InChI is InChI=1S/C13H17BrN2O/c1-3-4-8(2)15-12-10-7-9(14)5-6-11(10)16-13(12)17/h5-8,12,15H,3-4H2,1-2H3,(H,16,17). The van der Waals surface area contributed by atoms with Crippen molar-refractivity contribution < 1.29 is 4.79 Å². The van der Waals surface area contributed by atoms with Crippen LogP contribution in [0.5, 0.6) is 0 Å². The molecule has 1 aliphatic heterocycles. The largest absolute Gasteiger partial charge is 0.324 e. The molecule has 2 N–H and O–H groups in total. The molecule has 3 nitrogen and oxygen atoms in total. The average Bonchev–Trinajstić information content (AvgIpc) is 2.56. The average molecular weight is 297 g/mol. The predicted molar refractivity (Wildman–Crippen MR) is 73.0 cm³/mol. The molecule has 17 heavy (non-hydrogen) atoms. The lowest BCUT2D eigenvalue weighted by Crippen LogP contribution is -2.34. The van der Waals surface area contributed by atoms with Crippen LogP contribution in [0.4, 0.5) is 5.69 Å². The first-order valence-corrected chi connectivity index (χ1v) is 6.77. The molecule has 2 rings (SSSR count). The van der Waals surface area contributed by atoms with Crippen LogP contribution in [0.2, 0.25) is 0 Å². The van der Waals surface area contributed by atoms with Gasteiger partial charge in [-0.3, -0.25) is 10.1 Å². The van der Waals surface area contributed by atoms with Crippen molar-refractivity contribution in [1.82, 2.24) is 5.32 Å². The molecule has 1 aliphatic rings. The van der Waals surface area contributed by atoms with Crippen LogP contribution in [0.3, 0.4) is 0 Å². The maximum absolute atomic E-state index is 11.9. The summed E-state index contributed by atoms with van der Waals surface area (Å²) in [5.74, 6) is 0.0426. The highest BCUT2D eigenvalue weighted by molar-refractivity contribution is 9.10. The highest BCUT2D eigenvalue weighted by Gasteiger charge is 2.31. The third-order valence-electron chi connectivity index (χ3n) is 3.02. The van der Waals surface area contributed by atoms with Gasteiger partial charge in [0.05, 0.1) is 0 Å². The van der Waals surface area contributed by atoms with Crippen molar-refractivity contribution >= 4 is 27.5 Å². The first-order valence-electron chi connectivity index (χ1n) is 5.98. The molecule has 0 fully saturated rings. The van der Waals surface area contributed by atoms with Gasteiger partial charge in [0, 0.05) is 21.8 Å². The second-order valence-electron chi connectivity index (χ2n) is 4.51. The van der Waals surface area contributed by atoms with E-state index in [1.165, 1.54) is 0 Å². The topological polar surface area (TPSA) is 41.1 Å². The zero-order valence-electron chi connectivity index (χ0n) is 10.1. The number of carbonyl (C=O) groups is 1. The van der Waals surface area contributed by atoms with Crippen molar-refractivity contribution in [3.05, 3.63) is 28.2 Å². The molecule has 92 valence electrons. The highest BCUT2D eigenvalue weighted by atomic mass is 79.9. The Morgan fingerprint density at radius 1 is 1.53 bits per heavy atom. The molecule has 0 saturated carbocycles. The molecular weight excluding hydrogens is 280 g/mol. The Kier molecular flexibility index (Phi) is 3.84. The van der Waals surface area contributed by atoms with E-state index in [-0.39, 0.29) is 11.9 Å². The summed E-state index contributed by atoms with van der Waals surface area (Å²) in [6.07, 6.45) is 2.20. The van der Waals surface area contributed by atoms with Gasteiger partial charge in [-0.1, -0.05) is 29.3 Å². The number of rotatable bonds is 4. The summed E-state index contributed by atoms with van der Waals surface area (Å²) >= 11 is 3.44. The van der Waals surface area contributed by atoms with Gasteiger partial charge in [0.2, 0.25) is 5.91 Å². The molecule has 0 radical (unpaired) electrons. The number of amides is 1. The smallest absolute Gasteiger partial charge is 0.246 e. The molecule has 1 heterocycles. The summed E-state index contributed by atoms with van der Waals surface area (Å²) < 4.78 is 1.00. The van der Waals surface area contributed by atoms with Gasteiger partial charge < -0.3 is 5.32 Å². The van der Waals surface area contributed by atoms with Gasteiger partial charge in [-0.2, -0.15) is 0 Å². The van der Waals surface area contributed by atoms with Crippen molar-refractivity contribution in [2.75, 3.05) is 5.32 Å². The maximum Gasteiger partial charge on any atom is 0.246 e. The van der Waals surface area contributed by atoms with E-state index < -0.39 is 0 Å². The Morgan fingerprint density at radius 2 is 2.29 bits per heavy atom. The molecular formula is C13H17BrN2O. The summed E-state index contributed by atoms with van der Waals surface area (Å²) in [4.78, 5) is 11.9. The van der Waals surface area contributed by atoms with Gasteiger partial charge in [0.25, 0.3) is 0 Å². The molecule has 0 saturated heterocycles. The van der Waals surface area contributed by atoms with E-state index in [1.807, 2.05) is 18.2 Å². The minimum atomic E-state index is -0.218. The minimum Gasteiger partial charge on any atom is -0.324 e.